The fourth-order valence-corrected chi connectivity index (χ4v) is 4.48. The fraction of sp³-hybridized carbons (Fsp3) is 0.391. The molecule has 1 fully saturated rings. The first kappa shape index (κ1) is 24.5. The van der Waals surface area contributed by atoms with Crippen molar-refractivity contribution in [3.05, 3.63) is 53.8 Å². The van der Waals surface area contributed by atoms with Gasteiger partial charge in [0, 0.05) is 23.3 Å². The molecule has 0 aromatic heterocycles. The Bertz CT molecular complexity index is 1110. The Labute approximate surface area is 193 Å². The predicted molar refractivity (Wildman–Crippen MR) is 124 cm³/mol. The first-order valence-electron chi connectivity index (χ1n) is 10.7. The largest absolute Gasteiger partial charge is 0.484 e. The molecule has 3 rings (SSSR count). The average molecular weight is 478 g/mol. The molecule has 1 heterocycles. The maximum atomic E-state index is 13.8. The molecule has 0 spiro atoms. The van der Waals surface area contributed by atoms with Crippen LogP contribution in [0.2, 0.25) is 0 Å². The molecule has 2 atom stereocenters. The van der Waals surface area contributed by atoms with Crippen molar-refractivity contribution >= 4 is 33.2 Å². The molecule has 0 saturated carbocycles. The number of anilines is 2. The van der Waals surface area contributed by atoms with Gasteiger partial charge in [-0.1, -0.05) is 0 Å². The van der Waals surface area contributed by atoms with Gasteiger partial charge in [0.15, 0.2) is 6.61 Å². The molecule has 2 amide bonds. The highest BCUT2D eigenvalue weighted by Gasteiger charge is 2.29. The van der Waals surface area contributed by atoms with Crippen molar-refractivity contribution in [2.75, 3.05) is 22.9 Å². The van der Waals surface area contributed by atoms with Crippen LogP contribution in [0.5, 0.6) is 5.75 Å². The summed E-state index contributed by atoms with van der Waals surface area (Å²) in [5, 5.41) is 2.59. The third kappa shape index (κ3) is 6.67. The SMILES string of the molecule is CC1CCCC(C)N1C(=O)COc1ccc(C(=O)Nc2ccc(F)c(NS(C)(=O)=O)c2)cc1. The van der Waals surface area contributed by atoms with E-state index >= 15 is 0 Å². The number of sulfonamides is 1. The number of nitrogens with one attached hydrogen (secondary N) is 2. The van der Waals surface area contributed by atoms with Crippen molar-refractivity contribution in [3.63, 3.8) is 0 Å². The monoisotopic (exact) mass is 477 g/mol. The van der Waals surface area contributed by atoms with E-state index in [1.165, 1.54) is 12.1 Å². The van der Waals surface area contributed by atoms with E-state index in [-0.39, 0.29) is 36.0 Å². The normalized spacial score (nSPS) is 18.5. The summed E-state index contributed by atoms with van der Waals surface area (Å²) < 4.78 is 44.2. The van der Waals surface area contributed by atoms with Crippen LogP contribution in [0.1, 0.15) is 43.5 Å². The van der Waals surface area contributed by atoms with E-state index in [9.17, 15) is 22.4 Å². The summed E-state index contributed by atoms with van der Waals surface area (Å²) in [6.45, 7) is 4.01. The fourth-order valence-electron chi connectivity index (χ4n) is 3.92. The topological polar surface area (TPSA) is 105 Å². The molecular weight excluding hydrogens is 449 g/mol. The van der Waals surface area contributed by atoms with Gasteiger partial charge < -0.3 is 15.0 Å². The number of halogens is 1. The van der Waals surface area contributed by atoms with Crippen LogP contribution >= 0.6 is 0 Å². The number of benzene rings is 2. The van der Waals surface area contributed by atoms with E-state index in [1.54, 1.807) is 24.3 Å². The number of carbonyl (C=O) groups excluding carboxylic acids is 2. The minimum absolute atomic E-state index is 0.0636. The summed E-state index contributed by atoms with van der Waals surface area (Å²) in [5.41, 5.74) is 0.276. The van der Waals surface area contributed by atoms with Crippen LogP contribution in [0.25, 0.3) is 0 Å². The summed E-state index contributed by atoms with van der Waals surface area (Å²) in [4.78, 5) is 27.0. The average Bonchev–Trinajstić information content (AvgIpc) is 2.74. The van der Waals surface area contributed by atoms with Gasteiger partial charge in [0.25, 0.3) is 11.8 Å². The standard InChI is InChI=1S/C23H28FN3O5S/c1-15-5-4-6-16(2)27(15)22(28)14-32-19-10-7-17(8-11-19)23(29)25-18-9-12-20(24)21(13-18)26-33(3,30)31/h7-13,15-16,26H,4-6,14H2,1-3H3,(H,25,29). The van der Waals surface area contributed by atoms with Crippen molar-refractivity contribution in [1.29, 1.82) is 0 Å². The zero-order valence-corrected chi connectivity index (χ0v) is 19.6. The lowest BCUT2D eigenvalue weighted by atomic mass is 9.97. The summed E-state index contributed by atoms with van der Waals surface area (Å²) >= 11 is 0. The van der Waals surface area contributed by atoms with Gasteiger partial charge in [-0.2, -0.15) is 0 Å². The summed E-state index contributed by atoms with van der Waals surface area (Å²) in [6.07, 6.45) is 3.99. The van der Waals surface area contributed by atoms with Crippen molar-refractivity contribution in [1.82, 2.24) is 4.90 Å². The third-order valence-electron chi connectivity index (χ3n) is 5.48. The van der Waals surface area contributed by atoms with Gasteiger partial charge in [-0.05, 0) is 75.6 Å². The Kier molecular flexibility index (Phi) is 7.57. The lowest BCUT2D eigenvalue weighted by molar-refractivity contribution is -0.139. The maximum Gasteiger partial charge on any atom is 0.260 e. The molecule has 2 N–H and O–H groups in total. The van der Waals surface area contributed by atoms with Crippen molar-refractivity contribution < 1.29 is 27.1 Å². The van der Waals surface area contributed by atoms with Crippen LogP contribution in [-0.4, -0.2) is 50.1 Å². The smallest absolute Gasteiger partial charge is 0.260 e. The van der Waals surface area contributed by atoms with Crippen LogP contribution in [-0.2, 0) is 14.8 Å². The number of hydrogen-bond donors (Lipinski definition) is 2. The highest BCUT2D eigenvalue weighted by molar-refractivity contribution is 7.92. The highest BCUT2D eigenvalue weighted by atomic mass is 32.2. The van der Waals surface area contributed by atoms with Crippen molar-refractivity contribution in [3.8, 4) is 5.75 Å². The number of amides is 2. The van der Waals surface area contributed by atoms with E-state index in [0.717, 1.165) is 31.6 Å². The number of carbonyl (C=O) groups is 2. The van der Waals surface area contributed by atoms with Gasteiger partial charge in [-0.15, -0.1) is 0 Å². The molecule has 2 aromatic rings. The number of nitrogens with zero attached hydrogens (tertiary/aromatic N) is 1. The van der Waals surface area contributed by atoms with E-state index < -0.39 is 21.7 Å². The molecule has 2 unspecified atom stereocenters. The van der Waals surface area contributed by atoms with Crippen LogP contribution < -0.4 is 14.8 Å². The third-order valence-corrected chi connectivity index (χ3v) is 6.07. The molecule has 0 bridgehead atoms. The van der Waals surface area contributed by atoms with Gasteiger partial charge in [-0.3, -0.25) is 14.3 Å². The number of piperidine rings is 1. The van der Waals surface area contributed by atoms with Gasteiger partial charge in [-0.25, -0.2) is 12.8 Å². The first-order valence-corrected chi connectivity index (χ1v) is 12.6. The minimum Gasteiger partial charge on any atom is -0.484 e. The molecule has 2 aromatic carbocycles. The Hall–Kier alpha value is -3.14. The van der Waals surface area contributed by atoms with Gasteiger partial charge in [0.1, 0.15) is 11.6 Å². The number of rotatable bonds is 7. The van der Waals surface area contributed by atoms with Gasteiger partial charge >= 0.3 is 0 Å². The zero-order valence-electron chi connectivity index (χ0n) is 18.8. The Morgan fingerprint density at radius 2 is 1.73 bits per heavy atom. The summed E-state index contributed by atoms with van der Waals surface area (Å²) in [7, 11) is -3.67. The first-order chi connectivity index (χ1) is 15.5. The molecule has 1 aliphatic heterocycles. The molecule has 0 aliphatic carbocycles. The van der Waals surface area contributed by atoms with E-state index in [1.807, 2.05) is 18.7 Å². The van der Waals surface area contributed by atoms with Crippen LogP contribution in [0.4, 0.5) is 15.8 Å². The van der Waals surface area contributed by atoms with Crippen molar-refractivity contribution in [2.24, 2.45) is 0 Å². The summed E-state index contributed by atoms with van der Waals surface area (Å²) in [5.74, 6) is -0.835. The van der Waals surface area contributed by atoms with Crippen molar-refractivity contribution in [2.45, 2.75) is 45.2 Å². The van der Waals surface area contributed by atoms with Crippen LogP contribution in [0.3, 0.4) is 0 Å². The quantitative estimate of drug-likeness (QED) is 0.634. The molecule has 178 valence electrons. The molecule has 1 aliphatic rings. The van der Waals surface area contributed by atoms with E-state index in [0.29, 0.717) is 11.3 Å². The van der Waals surface area contributed by atoms with E-state index in [2.05, 4.69) is 10.0 Å². The molecule has 8 nitrogen and oxygen atoms in total. The van der Waals surface area contributed by atoms with Gasteiger partial charge in [0.2, 0.25) is 10.0 Å². The van der Waals surface area contributed by atoms with Crippen LogP contribution in [0.15, 0.2) is 42.5 Å². The second-order valence-electron chi connectivity index (χ2n) is 8.27. The Balaban J connectivity index is 1.59. The number of likely N-dealkylation sites (tertiary alicyclic amines) is 1. The zero-order chi connectivity index (χ0) is 24.2. The molecule has 10 heteroatoms. The predicted octanol–water partition coefficient (Wildman–Crippen LogP) is 3.62. The second kappa shape index (κ2) is 10.2. The van der Waals surface area contributed by atoms with E-state index in [4.69, 9.17) is 4.74 Å². The lowest BCUT2D eigenvalue weighted by Gasteiger charge is -2.38. The Morgan fingerprint density at radius 3 is 2.33 bits per heavy atom. The number of ether oxygens (including phenoxy) is 1. The minimum atomic E-state index is -3.67. The summed E-state index contributed by atoms with van der Waals surface area (Å²) in [6, 6.07) is 10.2. The molecule has 0 radical (unpaired) electrons. The second-order valence-corrected chi connectivity index (χ2v) is 10.0. The van der Waals surface area contributed by atoms with Gasteiger partial charge in [0.05, 0.1) is 11.9 Å². The molecule has 33 heavy (non-hydrogen) atoms. The highest BCUT2D eigenvalue weighted by Crippen LogP contribution is 2.24. The van der Waals surface area contributed by atoms with Crippen LogP contribution in [0, 0.1) is 5.82 Å². The maximum absolute atomic E-state index is 13.8. The number of hydrogen-bond acceptors (Lipinski definition) is 5. The lowest BCUT2D eigenvalue weighted by Crippen LogP contribution is -2.49. The molecule has 1 saturated heterocycles. The molecular formula is C23H28FN3O5S. The Morgan fingerprint density at radius 1 is 1.09 bits per heavy atom.